The van der Waals surface area contributed by atoms with Gasteiger partial charge in [-0.1, -0.05) is 27.7 Å². The third-order valence-corrected chi connectivity index (χ3v) is 6.33. The molecule has 1 heterocycles. The van der Waals surface area contributed by atoms with Crippen molar-refractivity contribution in [2.45, 2.75) is 47.5 Å². The smallest absolute Gasteiger partial charge is 0.167 e. The van der Waals surface area contributed by atoms with E-state index in [9.17, 15) is 14.0 Å². The van der Waals surface area contributed by atoms with Gasteiger partial charge in [-0.15, -0.1) is 0 Å². The highest BCUT2D eigenvalue weighted by Crippen LogP contribution is 2.41. The Bertz CT molecular complexity index is 1510. The van der Waals surface area contributed by atoms with Gasteiger partial charge in [0.2, 0.25) is 0 Å². The molecule has 0 spiro atoms. The van der Waals surface area contributed by atoms with E-state index in [0.717, 1.165) is 0 Å². The quantitative estimate of drug-likeness (QED) is 0.237. The van der Waals surface area contributed by atoms with E-state index >= 15 is 4.39 Å². The predicted octanol–water partition coefficient (Wildman–Crippen LogP) is 8.57. The van der Waals surface area contributed by atoms with E-state index in [1.54, 1.807) is 31.2 Å². The number of aryl methyl sites for hydroxylation is 1. The Labute approximate surface area is 215 Å². The summed E-state index contributed by atoms with van der Waals surface area (Å²) in [4.78, 5) is 26.2. The Hall–Kier alpha value is -3.80. The minimum atomic E-state index is -0.617. The molecule has 0 aliphatic heterocycles. The van der Waals surface area contributed by atoms with Crippen LogP contribution < -0.4 is 4.74 Å². The molecule has 0 fully saturated rings. The van der Waals surface area contributed by atoms with Gasteiger partial charge >= 0.3 is 0 Å². The molecule has 4 nitrogen and oxygen atoms in total. The van der Waals surface area contributed by atoms with Gasteiger partial charge in [0.15, 0.2) is 11.6 Å². The summed E-state index contributed by atoms with van der Waals surface area (Å²) in [6.45, 7) is 9.44. The number of fused-ring (bicyclic) bond motifs is 1. The molecule has 0 unspecified atom stereocenters. The van der Waals surface area contributed by atoms with Crippen LogP contribution in [-0.2, 0) is 0 Å². The number of ether oxygens (including phenoxy) is 1. The van der Waals surface area contributed by atoms with Gasteiger partial charge in [-0.3, -0.25) is 9.59 Å². The van der Waals surface area contributed by atoms with Crippen molar-refractivity contribution >= 4 is 22.5 Å². The van der Waals surface area contributed by atoms with Crippen LogP contribution in [0.25, 0.3) is 33.4 Å². The van der Waals surface area contributed by atoms with Crippen molar-refractivity contribution in [2.75, 3.05) is 7.11 Å². The van der Waals surface area contributed by atoms with Crippen LogP contribution in [0.3, 0.4) is 0 Å². The molecule has 0 saturated heterocycles. The molecule has 0 aliphatic carbocycles. The van der Waals surface area contributed by atoms with E-state index in [1.807, 2.05) is 27.7 Å². The molecule has 6 heteroatoms. The first-order chi connectivity index (χ1) is 17.4. The fourth-order valence-corrected chi connectivity index (χ4v) is 4.54. The van der Waals surface area contributed by atoms with E-state index in [-0.39, 0.29) is 51.3 Å². The van der Waals surface area contributed by atoms with Gasteiger partial charge in [0.1, 0.15) is 28.7 Å². The summed E-state index contributed by atoms with van der Waals surface area (Å²) in [5.41, 5.74) is 2.44. The number of benzene rings is 3. The lowest BCUT2D eigenvalue weighted by Crippen LogP contribution is -2.14. The fraction of sp³-hybridized carbons (Fsp3) is 0.290. The molecule has 0 aliphatic rings. The second kappa shape index (κ2) is 9.92. The summed E-state index contributed by atoms with van der Waals surface area (Å²) in [7, 11) is 1.50. The van der Waals surface area contributed by atoms with Gasteiger partial charge in [-0.2, -0.15) is 0 Å². The molecule has 0 saturated carbocycles. The number of ketones is 2. The molecule has 1 aromatic heterocycles. The Morgan fingerprint density at radius 1 is 0.946 bits per heavy atom. The van der Waals surface area contributed by atoms with Crippen LogP contribution in [0.2, 0.25) is 0 Å². The van der Waals surface area contributed by atoms with Gasteiger partial charge in [0, 0.05) is 24.0 Å². The SMILES string of the molecule is CCC(=O)c1c(-c2ccc(F)cc2)oc2ccc(-c3cc(C(=O)CC(C)(C)C)c(OC)cc3C)c(F)c12. The Morgan fingerprint density at radius 3 is 2.22 bits per heavy atom. The maximum absolute atomic E-state index is 16.3. The number of furan rings is 1. The van der Waals surface area contributed by atoms with Gasteiger partial charge in [0.25, 0.3) is 0 Å². The summed E-state index contributed by atoms with van der Waals surface area (Å²) >= 11 is 0. The number of halogens is 2. The number of Topliss-reactive ketones (excluding diaryl/α,β-unsaturated/α-hetero) is 2. The third kappa shape index (κ3) is 5.06. The Kier molecular flexibility index (Phi) is 7.05. The summed E-state index contributed by atoms with van der Waals surface area (Å²) in [6, 6.07) is 12.1. The first-order valence-corrected chi connectivity index (χ1v) is 12.2. The van der Waals surface area contributed by atoms with Crippen molar-refractivity contribution < 1.29 is 27.5 Å². The maximum Gasteiger partial charge on any atom is 0.167 e. The molecule has 3 aromatic carbocycles. The zero-order chi connectivity index (χ0) is 27.1. The highest BCUT2D eigenvalue weighted by molar-refractivity contribution is 6.13. The summed E-state index contributed by atoms with van der Waals surface area (Å²) in [6.07, 6.45) is 0.435. The topological polar surface area (TPSA) is 56.5 Å². The van der Waals surface area contributed by atoms with Gasteiger partial charge in [0.05, 0.1) is 23.6 Å². The minimum absolute atomic E-state index is 0.0708. The van der Waals surface area contributed by atoms with Crippen LogP contribution in [0.5, 0.6) is 5.75 Å². The molecule has 4 rings (SSSR count). The highest BCUT2D eigenvalue weighted by atomic mass is 19.1. The van der Waals surface area contributed by atoms with E-state index in [1.165, 1.54) is 31.4 Å². The lowest BCUT2D eigenvalue weighted by atomic mass is 9.86. The van der Waals surface area contributed by atoms with Gasteiger partial charge in [-0.25, -0.2) is 8.78 Å². The second-order valence-electron chi connectivity index (χ2n) is 10.4. The summed E-state index contributed by atoms with van der Waals surface area (Å²) in [5, 5.41) is 0.0708. The van der Waals surface area contributed by atoms with Crippen molar-refractivity contribution in [3.8, 4) is 28.2 Å². The number of hydrogen-bond acceptors (Lipinski definition) is 4. The average Bonchev–Trinajstić information content (AvgIpc) is 3.23. The van der Waals surface area contributed by atoms with Crippen LogP contribution in [-0.4, -0.2) is 18.7 Å². The molecular formula is C31H30F2O4. The maximum atomic E-state index is 16.3. The van der Waals surface area contributed by atoms with Gasteiger partial charge in [-0.05, 0) is 72.0 Å². The van der Waals surface area contributed by atoms with Crippen molar-refractivity contribution in [1.82, 2.24) is 0 Å². The molecule has 37 heavy (non-hydrogen) atoms. The van der Waals surface area contributed by atoms with Crippen LogP contribution in [0.1, 0.15) is 66.8 Å². The monoisotopic (exact) mass is 504 g/mol. The van der Waals surface area contributed by atoms with Crippen molar-refractivity contribution in [1.29, 1.82) is 0 Å². The van der Waals surface area contributed by atoms with Crippen LogP contribution in [0, 0.1) is 24.0 Å². The lowest BCUT2D eigenvalue weighted by Gasteiger charge is -2.19. The third-order valence-electron chi connectivity index (χ3n) is 6.33. The average molecular weight is 505 g/mol. The Morgan fingerprint density at radius 2 is 1.62 bits per heavy atom. The zero-order valence-electron chi connectivity index (χ0n) is 21.9. The summed E-state index contributed by atoms with van der Waals surface area (Å²) in [5.74, 6) is -0.805. The molecule has 0 bridgehead atoms. The zero-order valence-corrected chi connectivity index (χ0v) is 21.9. The number of carbonyl (C=O) groups is 2. The number of methoxy groups -OCH3 is 1. The van der Waals surface area contributed by atoms with E-state index in [0.29, 0.717) is 34.4 Å². The van der Waals surface area contributed by atoms with Crippen molar-refractivity contribution in [2.24, 2.45) is 5.41 Å². The fourth-order valence-electron chi connectivity index (χ4n) is 4.54. The van der Waals surface area contributed by atoms with E-state index < -0.39 is 11.6 Å². The molecule has 0 atom stereocenters. The first-order valence-electron chi connectivity index (χ1n) is 12.2. The highest BCUT2D eigenvalue weighted by Gasteiger charge is 2.27. The molecule has 0 radical (unpaired) electrons. The van der Waals surface area contributed by atoms with Crippen molar-refractivity contribution in [3.63, 3.8) is 0 Å². The van der Waals surface area contributed by atoms with Crippen molar-refractivity contribution in [3.05, 3.63) is 76.9 Å². The normalized spacial score (nSPS) is 11.7. The first kappa shape index (κ1) is 26.3. The number of hydrogen-bond donors (Lipinski definition) is 0. The molecule has 192 valence electrons. The minimum Gasteiger partial charge on any atom is -0.496 e. The van der Waals surface area contributed by atoms with Crippen LogP contribution in [0.4, 0.5) is 8.78 Å². The standard InChI is InChI=1S/C31H30F2O4/c1-7-23(34)27-28-25(37-30(27)18-8-10-19(32)11-9-18)13-12-20(29(28)33)21-15-22(24(35)16-31(3,4)5)26(36-6)14-17(21)2/h8-15H,7,16H2,1-6H3. The largest absolute Gasteiger partial charge is 0.496 e. The molecule has 0 N–H and O–H groups in total. The van der Waals surface area contributed by atoms with E-state index in [4.69, 9.17) is 9.15 Å². The number of carbonyl (C=O) groups excluding carboxylic acids is 2. The second-order valence-corrected chi connectivity index (χ2v) is 10.4. The molecule has 0 amide bonds. The van der Waals surface area contributed by atoms with E-state index in [2.05, 4.69) is 0 Å². The molecule has 4 aromatic rings. The number of rotatable bonds is 7. The van der Waals surface area contributed by atoms with Crippen LogP contribution >= 0.6 is 0 Å². The van der Waals surface area contributed by atoms with Gasteiger partial charge < -0.3 is 9.15 Å². The predicted molar refractivity (Wildman–Crippen MR) is 141 cm³/mol. The molecular weight excluding hydrogens is 474 g/mol. The summed E-state index contributed by atoms with van der Waals surface area (Å²) < 4.78 is 41.2. The lowest BCUT2D eigenvalue weighted by molar-refractivity contribution is 0.0935. The Balaban J connectivity index is 1.96. The van der Waals surface area contributed by atoms with Crippen LogP contribution in [0.15, 0.2) is 52.9 Å².